The summed E-state index contributed by atoms with van der Waals surface area (Å²) < 4.78 is 8.17. The molecule has 1 heterocycles. The highest BCUT2D eigenvalue weighted by atomic mass is 127. The number of carbonyl (C=O) groups excluding carboxylic acids is 1. The third-order valence-electron chi connectivity index (χ3n) is 2.72. The number of thiocarbonyl (C=S) groups is 1. The Kier molecular flexibility index (Phi) is 5.71. The third-order valence-corrected chi connectivity index (χ3v) is 5.52. The van der Waals surface area contributed by atoms with Crippen LogP contribution in [0, 0.1) is 7.14 Å². The summed E-state index contributed by atoms with van der Waals surface area (Å²) in [7, 11) is 1.64. The highest BCUT2D eigenvalue weighted by molar-refractivity contribution is 14.1. The molecule has 0 N–H and O–H groups in total. The Morgan fingerprint density at radius 1 is 1.45 bits per heavy atom. The minimum atomic E-state index is -0.0292. The average Bonchev–Trinajstić information content (AvgIpc) is 2.63. The Labute approximate surface area is 154 Å². The third kappa shape index (κ3) is 3.30. The second kappa shape index (κ2) is 6.93. The van der Waals surface area contributed by atoms with E-state index in [2.05, 4.69) is 45.2 Å². The zero-order valence-electron chi connectivity index (χ0n) is 10.8. The normalized spacial score (nSPS) is 17.2. The van der Waals surface area contributed by atoms with Crippen LogP contribution in [0.5, 0.6) is 5.75 Å². The topological polar surface area (TPSA) is 29.5 Å². The van der Waals surface area contributed by atoms with Crippen molar-refractivity contribution in [3.63, 3.8) is 0 Å². The van der Waals surface area contributed by atoms with Gasteiger partial charge in [0.1, 0.15) is 10.1 Å². The van der Waals surface area contributed by atoms with Gasteiger partial charge in [-0.2, -0.15) is 0 Å². The van der Waals surface area contributed by atoms with Crippen molar-refractivity contribution < 1.29 is 9.53 Å². The van der Waals surface area contributed by atoms with Crippen molar-refractivity contribution in [1.29, 1.82) is 0 Å². The van der Waals surface area contributed by atoms with E-state index in [0.29, 0.717) is 15.8 Å². The molecule has 0 bridgehead atoms. The number of ether oxygens (including phenoxy) is 1. The Balaban J connectivity index is 2.46. The average molecular weight is 531 g/mol. The zero-order chi connectivity index (χ0) is 14.9. The second-order valence-electron chi connectivity index (χ2n) is 3.94. The number of benzene rings is 1. The molecule has 1 aliphatic rings. The molecule has 0 aliphatic carbocycles. The Morgan fingerprint density at radius 2 is 2.15 bits per heavy atom. The van der Waals surface area contributed by atoms with Gasteiger partial charge in [0, 0.05) is 15.7 Å². The molecule has 0 radical (unpaired) electrons. The van der Waals surface area contributed by atoms with E-state index in [1.165, 1.54) is 11.8 Å². The minimum Gasteiger partial charge on any atom is -0.495 e. The van der Waals surface area contributed by atoms with Gasteiger partial charge in [-0.25, -0.2) is 0 Å². The number of carbonyl (C=O) groups is 1. The monoisotopic (exact) mass is 531 g/mol. The first-order valence-corrected chi connectivity index (χ1v) is 9.14. The van der Waals surface area contributed by atoms with Crippen LogP contribution in [0.1, 0.15) is 12.5 Å². The van der Waals surface area contributed by atoms with Crippen molar-refractivity contribution in [2.24, 2.45) is 0 Å². The van der Waals surface area contributed by atoms with Gasteiger partial charge in [-0.1, -0.05) is 24.0 Å². The quantitative estimate of drug-likeness (QED) is 0.334. The molecule has 1 aliphatic heterocycles. The van der Waals surface area contributed by atoms with Crippen LogP contribution in [0.25, 0.3) is 6.08 Å². The van der Waals surface area contributed by atoms with Crippen LogP contribution in [-0.2, 0) is 4.79 Å². The molecular weight excluding hydrogens is 520 g/mol. The van der Waals surface area contributed by atoms with E-state index in [9.17, 15) is 4.79 Å². The minimum absolute atomic E-state index is 0.0292. The smallest absolute Gasteiger partial charge is 0.266 e. The fourth-order valence-electron chi connectivity index (χ4n) is 1.82. The van der Waals surface area contributed by atoms with Gasteiger partial charge in [0.05, 0.1) is 15.6 Å². The van der Waals surface area contributed by atoms with Crippen molar-refractivity contribution >= 4 is 85.5 Å². The molecule has 0 aromatic heterocycles. The molecule has 2 rings (SSSR count). The van der Waals surface area contributed by atoms with Crippen LogP contribution < -0.4 is 4.74 Å². The molecule has 106 valence electrons. The number of amides is 1. The predicted octanol–water partition coefficient (Wildman–Crippen LogP) is 4.13. The van der Waals surface area contributed by atoms with Crippen molar-refractivity contribution in [3.05, 3.63) is 29.7 Å². The van der Waals surface area contributed by atoms with Gasteiger partial charge in [-0.15, -0.1) is 0 Å². The number of methoxy groups -OCH3 is 1. The molecule has 0 spiro atoms. The molecule has 7 heteroatoms. The van der Waals surface area contributed by atoms with Gasteiger partial charge in [-0.05, 0) is 70.3 Å². The standard InChI is InChI=1S/C13H11I2NO2S2/c1-3-16-12(17)10(20-13(16)19)5-7-4-8(14)6-9(15)11(7)18-2/h4-6H,3H2,1-2H3. The Bertz CT molecular complexity index is 617. The fraction of sp³-hybridized carbons (Fsp3) is 0.231. The molecule has 0 unspecified atom stereocenters. The summed E-state index contributed by atoms with van der Waals surface area (Å²) in [6.07, 6.45) is 1.86. The highest BCUT2D eigenvalue weighted by Gasteiger charge is 2.30. The fourth-order valence-corrected chi connectivity index (χ4v) is 5.30. The molecule has 1 amide bonds. The number of nitrogens with zero attached hydrogens (tertiary/aromatic N) is 1. The van der Waals surface area contributed by atoms with Crippen LogP contribution in [-0.4, -0.2) is 28.8 Å². The molecular formula is C13H11I2NO2S2. The lowest BCUT2D eigenvalue weighted by Gasteiger charge is -2.10. The maximum atomic E-state index is 12.2. The SMILES string of the molecule is CCN1C(=O)C(=Cc2cc(I)cc(I)c2OC)SC1=S. The number of hydrogen-bond acceptors (Lipinski definition) is 4. The van der Waals surface area contributed by atoms with Gasteiger partial charge in [0.2, 0.25) is 0 Å². The summed E-state index contributed by atoms with van der Waals surface area (Å²) >= 11 is 11.0. The van der Waals surface area contributed by atoms with Gasteiger partial charge in [-0.3, -0.25) is 9.69 Å². The van der Waals surface area contributed by atoms with E-state index in [4.69, 9.17) is 17.0 Å². The number of hydrogen-bond donors (Lipinski definition) is 0. The number of halogens is 2. The van der Waals surface area contributed by atoms with Crippen LogP contribution >= 0.6 is 69.2 Å². The number of thioether (sulfide) groups is 1. The lowest BCUT2D eigenvalue weighted by atomic mass is 10.2. The summed E-state index contributed by atoms with van der Waals surface area (Å²) in [4.78, 5) is 14.5. The lowest BCUT2D eigenvalue weighted by Crippen LogP contribution is -2.27. The van der Waals surface area contributed by atoms with Gasteiger partial charge in [0.15, 0.2) is 0 Å². The zero-order valence-corrected chi connectivity index (χ0v) is 16.7. The molecule has 1 aromatic rings. The van der Waals surface area contributed by atoms with Crippen molar-refractivity contribution in [3.8, 4) is 5.75 Å². The van der Waals surface area contributed by atoms with Gasteiger partial charge in [0.25, 0.3) is 5.91 Å². The van der Waals surface area contributed by atoms with Gasteiger partial charge < -0.3 is 4.74 Å². The summed E-state index contributed by atoms with van der Waals surface area (Å²) in [5.41, 5.74) is 0.903. The largest absolute Gasteiger partial charge is 0.495 e. The van der Waals surface area contributed by atoms with Crippen molar-refractivity contribution in [1.82, 2.24) is 4.90 Å². The molecule has 1 fully saturated rings. The van der Waals surface area contributed by atoms with Gasteiger partial charge >= 0.3 is 0 Å². The van der Waals surface area contributed by atoms with E-state index in [-0.39, 0.29) is 5.91 Å². The first-order valence-electron chi connectivity index (χ1n) is 5.76. The second-order valence-corrected chi connectivity index (χ2v) is 8.02. The molecule has 0 atom stereocenters. The first kappa shape index (κ1) is 16.5. The van der Waals surface area contributed by atoms with Crippen LogP contribution in [0.4, 0.5) is 0 Å². The number of rotatable bonds is 3. The van der Waals surface area contributed by atoms with Crippen LogP contribution in [0.2, 0.25) is 0 Å². The summed E-state index contributed by atoms with van der Waals surface area (Å²) in [6.45, 7) is 2.52. The van der Waals surface area contributed by atoms with Crippen molar-refractivity contribution in [2.75, 3.05) is 13.7 Å². The summed E-state index contributed by atoms with van der Waals surface area (Å²) in [5.74, 6) is 0.756. The molecule has 1 aromatic carbocycles. The lowest BCUT2D eigenvalue weighted by molar-refractivity contribution is -0.121. The van der Waals surface area contributed by atoms with E-state index in [1.54, 1.807) is 12.0 Å². The first-order chi connectivity index (χ1) is 9.47. The van der Waals surface area contributed by atoms with E-state index >= 15 is 0 Å². The van der Waals surface area contributed by atoms with Crippen LogP contribution in [0.15, 0.2) is 17.0 Å². The molecule has 20 heavy (non-hydrogen) atoms. The summed E-state index contributed by atoms with van der Waals surface area (Å²) in [5, 5.41) is 0. The molecule has 0 saturated carbocycles. The predicted molar refractivity (Wildman–Crippen MR) is 104 cm³/mol. The maximum Gasteiger partial charge on any atom is 0.266 e. The van der Waals surface area contributed by atoms with Crippen molar-refractivity contribution in [2.45, 2.75) is 6.92 Å². The Morgan fingerprint density at radius 3 is 2.70 bits per heavy atom. The van der Waals surface area contributed by atoms with E-state index < -0.39 is 0 Å². The maximum absolute atomic E-state index is 12.2. The Hall–Kier alpha value is 0.130. The van der Waals surface area contributed by atoms with E-state index in [0.717, 1.165) is 18.5 Å². The molecule has 3 nitrogen and oxygen atoms in total. The highest BCUT2D eigenvalue weighted by Crippen LogP contribution is 2.36. The van der Waals surface area contributed by atoms with E-state index in [1.807, 2.05) is 25.1 Å². The van der Waals surface area contributed by atoms with Crippen LogP contribution in [0.3, 0.4) is 0 Å². The summed E-state index contributed by atoms with van der Waals surface area (Å²) in [6, 6.07) is 4.04. The molecule has 1 saturated heterocycles. The number of likely N-dealkylation sites (N-methyl/N-ethyl adjacent to an activating group) is 1.